The van der Waals surface area contributed by atoms with Gasteiger partial charge in [0.05, 0.1) is 16.6 Å². The van der Waals surface area contributed by atoms with E-state index in [1.54, 1.807) is 0 Å². The van der Waals surface area contributed by atoms with E-state index in [2.05, 4.69) is 137 Å². The van der Waals surface area contributed by atoms with E-state index in [1.807, 2.05) is 12.3 Å². The van der Waals surface area contributed by atoms with E-state index in [1.165, 1.54) is 48.7 Å². The number of rotatable bonds is 2. The minimum absolute atomic E-state index is 0.968. The van der Waals surface area contributed by atoms with Crippen molar-refractivity contribution in [3.05, 3.63) is 140 Å². The minimum Gasteiger partial charge on any atom is -0.309 e. The summed E-state index contributed by atoms with van der Waals surface area (Å²) in [5.41, 5.74) is 6.82. The average Bonchev–Trinajstić information content (AvgIpc) is 3.53. The molecule has 3 nitrogen and oxygen atoms in total. The van der Waals surface area contributed by atoms with E-state index in [9.17, 15) is 0 Å². The molecule has 0 saturated carbocycles. The highest BCUT2D eigenvalue weighted by Crippen LogP contribution is 2.41. The Morgan fingerprint density at radius 3 is 1.80 bits per heavy atom. The SMILES string of the molecule is c1ccc2cc(-n3c4ccc5c6ccccc6n(-c6ccc7ccccc7c6)c5c4c4cccnc43)ccc2c1. The molecule has 3 aromatic heterocycles. The standard InChI is InChI=1S/C37H23N3/c1-3-10-26-22-28(17-15-24(26)8-1)39-33-14-6-5-12-30(33)31-19-20-34-35(36(31)39)32-13-7-21-38-37(32)40(34)29-18-16-25-9-2-4-11-27(25)23-29/h1-23H. The van der Waals surface area contributed by atoms with Crippen LogP contribution in [0.15, 0.2) is 140 Å². The lowest BCUT2D eigenvalue weighted by Crippen LogP contribution is -1.96. The highest BCUT2D eigenvalue weighted by Gasteiger charge is 2.21. The summed E-state index contributed by atoms with van der Waals surface area (Å²) in [5, 5.41) is 9.81. The number of fused-ring (bicyclic) bond motifs is 9. The molecule has 0 fully saturated rings. The van der Waals surface area contributed by atoms with Crippen LogP contribution in [-0.2, 0) is 0 Å². The quantitative estimate of drug-likeness (QED) is 0.227. The van der Waals surface area contributed by atoms with Gasteiger partial charge in [0.1, 0.15) is 5.65 Å². The van der Waals surface area contributed by atoms with Gasteiger partial charge in [0, 0.05) is 39.1 Å². The zero-order chi connectivity index (χ0) is 26.2. The van der Waals surface area contributed by atoms with Gasteiger partial charge < -0.3 is 4.57 Å². The molecule has 0 aliphatic rings. The normalized spacial score (nSPS) is 12.0. The van der Waals surface area contributed by atoms with Crippen molar-refractivity contribution >= 4 is 65.3 Å². The van der Waals surface area contributed by atoms with Gasteiger partial charge in [0.25, 0.3) is 0 Å². The molecule has 9 rings (SSSR count). The third kappa shape index (κ3) is 2.92. The molecule has 186 valence electrons. The van der Waals surface area contributed by atoms with E-state index in [0.29, 0.717) is 0 Å². The average molecular weight is 510 g/mol. The van der Waals surface area contributed by atoms with Crippen LogP contribution in [0.4, 0.5) is 0 Å². The molecular weight excluding hydrogens is 486 g/mol. The first-order chi connectivity index (χ1) is 19.8. The lowest BCUT2D eigenvalue weighted by atomic mass is 10.1. The van der Waals surface area contributed by atoms with Gasteiger partial charge in [-0.1, -0.05) is 84.9 Å². The van der Waals surface area contributed by atoms with E-state index in [0.717, 1.165) is 27.9 Å². The lowest BCUT2D eigenvalue weighted by Gasteiger charge is -2.11. The summed E-state index contributed by atoms with van der Waals surface area (Å²) < 4.78 is 4.76. The molecule has 0 radical (unpaired) electrons. The summed E-state index contributed by atoms with van der Waals surface area (Å²) in [6.07, 6.45) is 1.90. The monoisotopic (exact) mass is 509 g/mol. The first kappa shape index (κ1) is 21.5. The number of para-hydroxylation sites is 1. The van der Waals surface area contributed by atoms with E-state index >= 15 is 0 Å². The second-order valence-corrected chi connectivity index (χ2v) is 10.5. The van der Waals surface area contributed by atoms with Crippen molar-refractivity contribution in [2.45, 2.75) is 0 Å². The molecule has 0 unspecified atom stereocenters. The summed E-state index contributed by atoms with van der Waals surface area (Å²) in [5.74, 6) is 0. The second kappa shape index (κ2) is 8.05. The maximum atomic E-state index is 4.93. The van der Waals surface area contributed by atoms with Gasteiger partial charge in [-0.15, -0.1) is 0 Å². The number of benzene rings is 6. The summed E-state index contributed by atoms with van der Waals surface area (Å²) in [6, 6.07) is 48.1. The Morgan fingerprint density at radius 1 is 0.425 bits per heavy atom. The van der Waals surface area contributed by atoms with Gasteiger partial charge >= 0.3 is 0 Å². The number of nitrogens with zero attached hydrogens (tertiary/aromatic N) is 3. The van der Waals surface area contributed by atoms with E-state index in [-0.39, 0.29) is 0 Å². The van der Waals surface area contributed by atoms with Crippen LogP contribution in [0, 0.1) is 0 Å². The molecule has 3 heterocycles. The Kier molecular flexibility index (Phi) is 4.33. The predicted molar refractivity (Wildman–Crippen MR) is 168 cm³/mol. The van der Waals surface area contributed by atoms with Gasteiger partial charge in [-0.2, -0.15) is 0 Å². The topological polar surface area (TPSA) is 22.8 Å². The minimum atomic E-state index is 0.968. The van der Waals surface area contributed by atoms with Crippen molar-refractivity contribution in [3.8, 4) is 11.4 Å². The van der Waals surface area contributed by atoms with Crippen LogP contribution >= 0.6 is 0 Å². The fourth-order valence-electron chi connectivity index (χ4n) is 6.54. The maximum Gasteiger partial charge on any atom is 0.145 e. The molecule has 0 spiro atoms. The molecule has 0 atom stereocenters. The van der Waals surface area contributed by atoms with Crippen molar-refractivity contribution in [1.82, 2.24) is 14.1 Å². The van der Waals surface area contributed by atoms with Gasteiger partial charge in [-0.05, 0) is 70.1 Å². The second-order valence-electron chi connectivity index (χ2n) is 10.5. The van der Waals surface area contributed by atoms with Crippen LogP contribution in [0.25, 0.3) is 76.7 Å². The summed E-state index contributed by atoms with van der Waals surface area (Å²) in [6.45, 7) is 0. The zero-order valence-electron chi connectivity index (χ0n) is 21.6. The summed E-state index contributed by atoms with van der Waals surface area (Å²) >= 11 is 0. The molecule has 0 bridgehead atoms. The third-order valence-corrected chi connectivity index (χ3v) is 8.31. The van der Waals surface area contributed by atoms with Crippen molar-refractivity contribution in [2.24, 2.45) is 0 Å². The van der Waals surface area contributed by atoms with Gasteiger partial charge in [-0.25, -0.2) is 4.98 Å². The molecule has 6 aromatic carbocycles. The van der Waals surface area contributed by atoms with Gasteiger partial charge in [0.15, 0.2) is 0 Å². The summed E-state index contributed by atoms with van der Waals surface area (Å²) in [7, 11) is 0. The largest absolute Gasteiger partial charge is 0.309 e. The molecule has 0 aliphatic carbocycles. The first-order valence-corrected chi connectivity index (χ1v) is 13.6. The number of pyridine rings is 1. The van der Waals surface area contributed by atoms with Crippen molar-refractivity contribution < 1.29 is 0 Å². The lowest BCUT2D eigenvalue weighted by molar-refractivity contribution is 1.14. The Balaban J connectivity index is 1.47. The van der Waals surface area contributed by atoms with Crippen molar-refractivity contribution in [1.29, 1.82) is 0 Å². The maximum absolute atomic E-state index is 4.93. The van der Waals surface area contributed by atoms with Crippen LogP contribution in [0.2, 0.25) is 0 Å². The molecule has 9 aromatic rings. The molecule has 0 saturated heterocycles. The van der Waals surface area contributed by atoms with Crippen molar-refractivity contribution in [3.63, 3.8) is 0 Å². The van der Waals surface area contributed by atoms with Crippen LogP contribution in [0.5, 0.6) is 0 Å². The number of hydrogen-bond donors (Lipinski definition) is 0. The Hall–Kier alpha value is -5.41. The number of hydrogen-bond acceptors (Lipinski definition) is 1. The molecule has 40 heavy (non-hydrogen) atoms. The predicted octanol–water partition coefficient (Wildman–Crippen LogP) is 9.58. The summed E-state index contributed by atoms with van der Waals surface area (Å²) in [4.78, 5) is 4.93. The highest BCUT2D eigenvalue weighted by molar-refractivity contribution is 6.25. The zero-order valence-corrected chi connectivity index (χ0v) is 21.6. The fourth-order valence-corrected chi connectivity index (χ4v) is 6.54. The molecule has 0 N–H and O–H groups in total. The smallest absolute Gasteiger partial charge is 0.145 e. The van der Waals surface area contributed by atoms with Crippen molar-refractivity contribution in [2.75, 3.05) is 0 Å². The Bertz CT molecular complexity index is 2440. The third-order valence-electron chi connectivity index (χ3n) is 8.31. The van der Waals surface area contributed by atoms with Gasteiger partial charge in [-0.3, -0.25) is 4.57 Å². The molecular formula is C37H23N3. The molecule has 3 heteroatoms. The van der Waals surface area contributed by atoms with Crippen LogP contribution in [0.3, 0.4) is 0 Å². The van der Waals surface area contributed by atoms with Crippen LogP contribution in [-0.4, -0.2) is 14.1 Å². The molecule has 0 amide bonds. The fraction of sp³-hybridized carbons (Fsp3) is 0. The first-order valence-electron chi connectivity index (χ1n) is 13.6. The van der Waals surface area contributed by atoms with E-state index in [4.69, 9.17) is 4.98 Å². The van der Waals surface area contributed by atoms with Crippen LogP contribution in [0.1, 0.15) is 0 Å². The number of aromatic nitrogens is 3. The molecule has 0 aliphatic heterocycles. The Morgan fingerprint density at radius 2 is 1.05 bits per heavy atom. The van der Waals surface area contributed by atoms with E-state index < -0.39 is 0 Å². The van der Waals surface area contributed by atoms with Crippen LogP contribution < -0.4 is 0 Å². The van der Waals surface area contributed by atoms with Gasteiger partial charge in [0.2, 0.25) is 0 Å². The highest BCUT2D eigenvalue weighted by atomic mass is 15.1. The Labute approximate surface area is 230 Å².